The van der Waals surface area contributed by atoms with Gasteiger partial charge in [0, 0.05) is 45.0 Å². The van der Waals surface area contributed by atoms with E-state index in [1.54, 1.807) is 0 Å². The first-order valence-corrected chi connectivity index (χ1v) is 24.9. The Balaban J connectivity index is 0.803. The Morgan fingerprint density at radius 1 is 0.292 bits per heavy atom. The van der Waals surface area contributed by atoms with E-state index in [2.05, 4.69) is 223 Å². The summed E-state index contributed by atoms with van der Waals surface area (Å²) in [5.74, 6) is -0.497. The molecular formula is C68H58F2N2. The summed E-state index contributed by atoms with van der Waals surface area (Å²) in [6.45, 7) is 17.7. The number of fused-ring (bicyclic) bond motifs is 6. The molecule has 0 saturated carbocycles. The van der Waals surface area contributed by atoms with Crippen LogP contribution in [-0.2, 0) is 10.8 Å². The standard InChI is InChI=1S/C68H58F2N2/c1-43-33-44(2)36-57(35-43)71(53-23-19-51(69)20-24-53)55-27-31-61-59-29-17-49(39-63(59)67(5,6)65(61)41-55)15-13-47-9-11-48(12-10-47)14-16-50-18-30-60-62-32-28-56(42-66(62)68(7,8)64(60)40-50)72(54-25-21-52(70)22-26-54)58-37-45(3)34-46(4)38-58/h9-42H,1-8H3. The van der Waals surface area contributed by atoms with E-state index in [-0.39, 0.29) is 22.5 Å². The van der Waals surface area contributed by atoms with Crippen LogP contribution < -0.4 is 9.80 Å². The molecule has 0 atom stereocenters. The molecule has 2 nitrogen and oxygen atoms in total. The molecule has 0 unspecified atom stereocenters. The molecule has 0 spiro atoms. The number of hydrogen-bond donors (Lipinski definition) is 0. The predicted octanol–water partition coefficient (Wildman–Crippen LogP) is 19.1. The minimum absolute atomic E-state index is 0.229. The minimum atomic E-state index is -0.248. The number of aryl methyl sites for hydroxylation is 4. The third-order valence-corrected chi connectivity index (χ3v) is 14.9. The highest BCUT2D eigenvalue weighted by atomic mass is 19.1. The fourth-order valence-corrected chi connectivity index (χ4v) is 11.3. The molecule has 0 N–H and O–H groups in total. The van der Waals surface area contributed by atoms with Crippen molar-refractivity contribution in [3.63, 3.8) is 0 Å². The van der Waals surface area contributed by atoms with Crippen LogP contribution in [0.15, 0.2) is 182 Å². The summed E-state index contributed by atoms with van der Waals surface area (Å²) in [7, 11) is 0. The van der Waals surface area contributed by atoms with Crippen LogP contribution in [0.4, 0.5) is 42.9 Å². The molecule has 9 aromatic rings. The van der Waals surface area contributed by atoms with Gasteiger partial charge in [-0.3, -0.25) is 0 Å². The van der Waals surface area contributed by atoms with Crippen molar-refractivity contribution in [2.75, 3.05) is 9.80 Å². The summed E-state index contributed by atoms with van der Waals surface area (Å²) in [6, 6.07) is 62.6. The van der Waals surface area contributed by atoms with Gasteiger partial charge >= 0.3 is 0 Å². The number of rotatable bonds is 10. The van der Waals surface area contributed by atoms with Crippen LogP contribution in [0.25, 0.3) is 46.6 Å². The van der Waals surface area contributed by atoms with E-state index in [9.17, 15) is 8.78 Å². The van der Waals surface area contributed by atoms with E-state index < -0.39 is 0 Å². The minimum Gasteiger partial charge on any atom is -0.310 e. The third-order valence-electron chi connectivity index (χ3n) is 14.9. The average Bonchev–Trinajstić information content (AvgIpc) is 3.71. The quantitative estimate of drug-likeness (QED) is 0.126. The number of benzene rings is 9. The number of anilines is 6. The molecule has 9 aromatic carbocycles. The number of halogens is 2. The summed E-state index contributed by atoms with van der Waals surface area (Å²) >= 11 is 0. The largest absolute Gasteiger partial charge is 0.310 e. The van der Waals surface area contributed by atoms with E-state index in [1.807, 2.05) is 24.3 Å². The van der Waals surface area contributed by atoms with Crippen LogP contribution in [0, 0.1) is 39.3 Å². The second-order valence-corrected chi connectivity index (χ2v) is 21.0. The fourth-order valence-electron chi connectivity index (χ4n) is 11.3. The normalized spacial score (nSPS) is 13.8. The molecule has 4 heteroatoms. The molecule has 0 bridgehead atoms. The highest BCUT2D eigenvalue weighted by molar-refractivity contribution is 5.89. The van der Waals surface area contributed by atoms with E-state index in [1.165, 1.54) is 91.0 Å². The Bertz CT molecular complexity index is 3350. The van der Waals surface area contributed by atoms with Crippen molar-refractivity contribution < 1.29 is 8.78 Å². The molecule has 0 aliphatic heterocycles. The maximum Gasteiger partial charge on any atom is 0.123 e. The molecule has 0 amide bonds. The van der Waals surface area contributed by atoms with Crippen molar-refractivity contribution in [3.8, 4) is 22.3 Å². The average molecular weight is 941 g/mol. The van der Waals surface area contributed by atoms with Crippen molar-refractivity contribution in [1.82, 2.24) is 0 Å². The number of hydrogen-bond acceptors (Lipinski definition) is 2. The Morgan fingerprint density at radius 2 is 0.569 bits per heavy atom. The van der Waals surface area contributed by atoms with E-state index >= 15 is 0 Å². The Labute approximate surface area is 423 Å². The second-order valence-electron chi connectivity index (χ2n) is 21.0. The van der Waals surface area contributed by atoms with Crippen molar-refractivity contribution >= 4 is 58.4 Å². The lowest BCUT2D eigenvalue weighted by Crippen LogP contribution is -2.17. The first kappa shape index (κ1) is 46.3. The zero-order chi connectivity index (χ0) is 50.1. The topological polar surface area (TPSA) is 6.48 Å². The molecule has 0 fully saturated rings. The third kappa shape index (κ3) is 8.55. The van der Waals surface area contributed by atoms with Crippen LogP contribution >= 0.6 is 0 Å². The summed E-state index contributed by atoms with van der Waals surface area (Å²) in [5.41, 5.74) is 25.1. The molecular weight excluding hydrogens is 883 g/mol. The van der Waals surface area contributed by atoms with Gasteiger partial charge in [-0.05, 0) is 214 Å². The van der Waals surface area contributed by atoms with E-state index in [0.717, 1.165) is 56.4 Å². The summed E-state index contributed by atoms with van der Waals surface area (Å²) in [5, 5.41) is 0. The zero-order valence-electron chi connectivity index (χ0n) is 42.3. The monoisotopic (exact) mass is 940 g/mol. The predicted molar refractivity (Wildman–Crippen MR) is 301 cm³/mol. The summed E-state index contributed by atoms with van der Waals surface area (Å²) in [4.78, 5) is 4.47. The van der Waals surface area contributed by atoms with Crippen molar-refractivity contribution in [1.29, 1.82) is 0 Å². The molecule has 0 aromatic heterocycles. The molecule has 0 heterocycles. The molecule has 0 saturated heterocycles. The van der Waals surface area contributed by atoms with E-state index in [0.29, 0.717) is 0 Å². The molecule has 0 radical (unpaired) electrons. The van der Waals surface area contributed by atoms with Crippen molar-refractivity contribution in [3.05, 3.63) is 260 Å². The lowest BCUT2D eigenvalue weighted by atomic mass is 9.81. The van der Waals surface area contributed by atoms with E-state index in [4.69, 9.17) is 0 Å². The van der Waals surface area contributed by atoms with Gasteiger partial charge < -0.3 is 9.80 Å². The smallest absolute Gasteiger partial charge is 0.123 e. The maximum atomic E-state index is 14.1. The van der Waals surface area contributed by atoms with Crippen LogP contribution in [0.3, 0.4) is 0 Å². The molecule has 2 aliphatic rings. The van der Waals surface area contributed by atoms with Crippen LogP contribution in [0.1, 0.15) is 94.5 Å². The molecule has 354 valence electrons. The second kappa shape index (κ2) is 18.0. The van der Waals surface area contributed by atoms with Crippen molar-refractivity contribution in [2.24, 2.45) is 0 Å². The van der Waals surface area contributed by atoms with Gasteiger partial charge in [0.15, 0.2) is 0 Å². The van der Waals surface area contributed by atoms with Gasteiger partial charge in [0.25, 0.3) is 0 Å². The van der Waals surface area contributed by atoms with Gasteiger partial charge in [-0.25, -0.2) is 8.78 Å². The van der Waals surface area contributed by atoms with Gasteiger partial charge in [0.2, 0.25) is 0 Å². The molecule has 2 aliphatic carbocycles. The maximum absolute atomic E-state index is 14.1. The Hall–Kier alpha value is -8.08. The Morgan fingerprint density at radius 3 is 0.917 bits per heavy atom. The van der Waals surface area contributed by atoms with Gasteiger partial charge in [0.1, 0.15) is 11.6 Å². The zero-order valence-corrected chi connectivity index (χ0v) is 42.3. The Kier molecular flexibility index (Phi) is 11.5. The van der Waals surface area contributed by atoms with Gasteiger partial charge in [-0.15, -0.1) is 0 Å². The summed E-state index contributed by atoms with van der Waals surface area (Å²) < 4.78 is 28.3. The summed E-state index contributed by atoms with van der Waals surface area (Å²) in [6.07, 6.45) is 8.81. The highest BCUT2D eigenvalue weighted by Gasteiger charge is 2.37. The van der Waals surface area contributed by atoms with Gasteiger partial charge in [-0.2, -0.15) is 0 Å². The van der Waals surface area contributed by atoms with Gasteiger partial charge in [0.05, 0.1) is 0 Å². The van der Waals surface area contributed by atoms with Gasteiger partial charge in [-0.1, -0.05) is 137 Å². The van der Waals surface area contributed by atoms with Crippen LogP contribution in [-0.4, -0.2) is 0 Å². The lowest BCUT2D eigenvalue weighted by molar-refractivity contribution is 0.627. The van der Waals surface area contributed by atoms with Crippen molar-refractivity contribution in [2.45, 2.75) is 66.2 Å². The first-order valence-electron chi connectivity index (χ1n) is 24.9. The molecule has 72 heavy (non-hydrogen) atoms. The fraction of sp³-hybridized carbons (Fsp3) is 0.147. The highest BCUT2D eigenvalue weighted by Crippen LogP contribution is 2.53. The SMILES string of the molecule is Cc1cc(C)cc(N(c2ccc(F)cc2)c2ccc3c(c2)C(C)(C)c2cc(C=Cc4ccc(C=Cc5ccc6c(c5)C(C)(C)c5cc(N(c7ccc(F)cc7)c7cc(C)cc(C)c7)ccc5-6)cc4)ccc2-3)c1. The van der Waals surface area contributed by atoms with Crippen LogP contribution in [0.5, 0.6) is 0 Å². The lowest BCUT2D eigenvalue weighted by Gasteiger charge is -2.28. The molecule has 11 rings (SSSR count). The first-order chi connectivity index (χ1) is 34.6. The van der Waals surface area contributed by atoms with Crippen LogP contribution in [0.2, 0.25) is 0 Å². The number of nitrogens with zero attached hydrogens (tertiary/aromatic N) is 2.